The van der Waals surface area contributed by atoms with Gasteiger partial charge in [-0.25, -0.2) is 4.98 Å². The minimum Gasteiger partial charge on any atom is -0.495 e. The fourth-order valence-corrected chi connectivity index (χ4v) is 2.97. The molecule has 1 amide bonds. The molecule has 0 radical (unpaired) electrons. The van der Waals surface area contributed by atoms with Gasteiger partial charge >= 0.3 is 0 Å². The quantitative estimate of drug-likeness (QED) is 0.866. The van der Waals surface area contributed by atoms with Crippen LogP contribution in [0.3, 0.4) is 0 Å². The summed E-state index contributed by atoms with van der Waals surface area (Å²) in [6, 6.07) is 5.89. The number of amides is 1. The summed E-state index contributed by atoms with van der Waals surface area (Å²) in [7, 11) is 1.63. The van der Waals surface area contributed by atoms with Crippen LogP contribution in [0, 0.1) is 6.92 Å². The van der Waals surface area contributed by atoms with Gasteiger partial charge in [-0.1, -0.05) is 26.0 Å². The predicted molar refractivity (Wildman–Crippen MR) is 88.3 cm³/mol. The highest BCUT2D eigenvalue weighted by molar-refractivity contribution is 6.06. The average molecular weight is 314 g/mol. The zero-order valence-electron chi connectivity index (χ0n) is 14.0. The summed E-state index contributed by atoms with van der Waals surface area (Å²) in [4.78, 5) is 19.2. The highest BCUT2D eigenvalue weighted by atomic mass is 16.5. The van der Waals surface area contributed by atoms with E-state index in [-0.39, 0.29) is 11.8 Å². The van der Waals surface area contributed by atoms with Crippen LogP contribution in [0.25, 0.3) is 0 Å². The Hall–Kier alpha value is -2.30. The van der Waals surface area contributed by atoms with Gasteiger partial charge in [-0.05, 0) is 31.4 Å². The summed E-state index contributed by atoms with van der Waals surface area (Å²) in [5, 5.41) is 0. The van der Waals surface area contributed by atoms with Gasteiger partial charge in [0, 0.05) is 12.5 Å². The van der Waals surface area contributed by atoms with Crippen molar-refractivity contribution < 1.29 is 13.9 Å². The summed E-state index contributed by atoms with van der Waals surface area (Å²) >= 11 is 0. The number of carbonyl (C=O) groups is 1. The molecule has 0 aliphatic carbocycles. The monoisotopic (exact) mass is 314 g/mol. The highest BCUT2D eigenvalue weighted by Crippen LogP contribution is 2.37. The van der Waals surface area contributed by atoms with Crippen LogP contribution in [-0.2, 0) is 6.42 Å². The van der Waals surface area contributed by atoms with E-state index in [4.69, 9.17) is 9.15 Å². The maximum atomic E-state index is 13.0. The second kappa shape index (κ2) is 6.07. The lowest BCUT2D eigenvalue weighted by Gasteiger charge is -2.30. The number of oxazole rings is 1. The number of para-hydroxylation sites is 1. The van der Waals surface area contributed by atoms with Crippen molar-refractivity contribution in [3.8, 4) is 5.75 Å². The van der Waals surface area contributed by atoms with Gasteiger partial charge in [0.15, 0.2) is 5.89 Å². The largest absolute Gasteiger partial charge is 0.495 e. The standard InChI is InChI=1S/C18H22N2O3/c1-11(2)17-19-12(3)16(23-17)18(21)20-10-6-8-13-7-5-9-14(22-4)15(13)20/h5,7,9,11H,6,8,10H2,1-4H3. The molecule has 2 heterocycles. The minimum atomic E-state index is -0.146. The second-order valence-electron chi connectivity index (χ2n) is 6.15. The van der Waals surface area contributed by atoms with Crippen LogP contribution in [-0.4, -0.2) is 24.5 Å². The zero-order valence-corrected chi connectivity index (χ0v) is 14.0. The van der Waals surface area contributed by atoms with Crippen LogP contribution in [0.4, 0.5) is 5.69 Å². The van der Waals surface area contributed by atoms with E-state index in [9.17, 15) is 4.79 Å². The number of methoxy groups -OCH3 is 1. The van der Waals surface area contributed by atoms with Crippen LogP contribution < -0.4 is 9.64 Å². The van der Waals surface area contributed by atoms with Crippen molar-refractivity contribution in [3.63, 3.8) is 0 Å². The lowest BCUT2D eigenvalue weighted by molar-refractivity contribution is 0.0954. The number of aromatic nitrogens is 1. The number of rotatable bonds is 3. The van der Waals surface area contributed by atoms with E-state index in [0.29, 0.717) is 23.9 Å². The van der Waals surface area contributed by atoms with Gasteiger partial charge in [0.05, 0.1) is 18.5 Å². The molecule has 1 aromatic carbocycles. The number of nitrogens with zero attached hydrogens (tertiary/aromatic N) is 2. The van der Waals surface area contributed by atoms with Crippen LogP contribution in [0.1, 0.15) is 53.9 Å². The molecule has 1 aliphatic rings. The molecule has 122 valence electrons. The second-order valence-corrected chi connectivity index (χ2v) is 6.15. The third kappa shape index (κ3) is 2.71. The third-order valence-corrected chi connectivity index (χ3v) is 4.15. The molecule has 1 aromatic heterocycles. The third-order valence-electron chi connectivity index (χ3n) is 4.15. The molecule has 0 saturated heterocycles. The zero-order chi connectivity index (χ0) is 16.6. The minimum absolute atomic E-state index is 0.146. The van der Waals surface area contributed by atoms with E-state index in [1.807, 2.05) is 39.0 Å². The fraction of sp³-hybridized carbons (Fsp3) is 0.444. The maximum Gasteiger partial charge on any atom is 0.296 e. The topological polar surface area (TPSA) is 55.6 Å². The molecule has 0 spiro atoms. The normalized spacial score (nSPS) is 14.0. The van der Waals surface area contributed by atoms with E-state index in [1.54, 1.807) is 12.0 Å². The summed E-state index contributed by atoms with van der Waals surface area (Å²) in [5.41, 5.74) is 2.62. The van der Waals surface area contributed by atoms with Crippen LogP contribution in [0.2, 0.25) is 0 Å². The van der Waals surface area contributed by atoms with E-state index in [0.717, 1.165) is 29.8 Å². The maximum absolute atomic E-state index is 13.0. The van der Waals surface area contributed by atoms with E-state index < -0.39 is 0 Å². The number of anilines is 1. The molecule has 0 unspecified atom stereocenters. The average Bonchev–Trinajstić information content (AvgIpc) is 2.95. The summed E-state index contributed by atoms with van der Waals surface area (Å²) in [5.74, 6) is 1.65. The molecule has 0 bridgehead atoms. The van der Waals surface area contributed by atoms with Crippen molar-refractivity contribution in [2.24, 2.45) is 0 Å². The molecule has 5 nitrogen and oxygen atoms in total. The summed E-state index contributed by atoms with van der Waals surface area (Å²) in [6.07, 6.45) is 1.87. The Morgan fingerprint density at radius 2 is 2.17 bits per heavy atom. The smallest absolute Gasteiger partial charge is 0.296 e. The number of ether oxygens (including phenoxy) is 1. The molecular formula is C18H22N2O3. The van der Waals surface area contributed by atoms with E-state index in [2.05, 4.69) is 4.98 Å². The van der Waals surface area contributed by atoms with Crippen molar-refractivity contribution in [2.45, 2.75) is 39.5 Å². The van der Waals surface area contributed by atoms with Crippen molar-refractivity contribution in [2.75, 3.05) is 18.6 Å². The Labute approximate surface area is 136 Å². The van der Waals surface area contributed by atoms with Gasteiger partial charge in [-0.2, -0.15) is 0 Å². The van der Waals surface area contributed by atoms with Gasteiger partial charge in [-0.15, -0.1) is 0 Å². The lowest BCUT2D eigenvalue weighted by Crippen LogP contribution is -2.36. The van der Waals surface area contributed by atoms with Crippen molar-refractivity contribution in [1.82, 2.24) is 4.98 Å². The molecule has 5 heteroatoms. The lowest BCUT2D eigenvalue weighted by atomic mass is 10.0. The van der Waals surface area contributed by atoms with Crippen LogP contribution in [0.15, 0.2) is 22.6 Å². The number of fused-ring (bicyclic) bond motifs is 1. The van der Waals surface area contributed by atoms with Crippen molar-refractivity contribution in [3.05, 3.63) is 41.1 Å². The van der Waals surface area contributed by atoms with Crippen LogP contribution in [0.5, 0.6) is 5.75 Å². The number of benzene rings is 1. The number of carbonyl (C=O) groups excluding carboxylic acids is 1. The molecule has 0 atom stereocenters. The Kier molecular flexibility index (Phi) is 4.11. The highest BCUT2D eigenvalue weighted by Gasteiger charge is 2.30. The Morgan fingerprint density at radius 1 is 1.39 bits per heavy atom. The Bertz CT molecular complexity index is 720. The molecule has 0 N–H and O–H groups in total. The molecule has 3 rings (SSSR count). The summed E-state index contributed by atoms with van der Waals surface area (Å²) in [6.45, 7) is 6.47. The first kappa shape index (κ1) is 15.6. The number of hydrogen-bond acceptors (Lipinski definition) is 4. The van der Waals surface area contributed by atoms with Gasteiger partial charge in [0.1, 0.15) is 5.75 Å². The molecule has 2 aromatic rings. The first-order valence-corrected chi connectivity index (χ1v) is 7.98. The first-order chi connectivity index (χ1) is 11.0. The van der Waals surface area contributed by atoms with E-state index >= 15 is 0 Å². The molecular weight excluding hydrogens is 292 g/mol. The summed E-state index contributed by atoms with van der Waals surface area (Å²) < 4.78 is 11.2. The predicted octanol–water partition coefficient (Wildman–Crippen LogP) is 3.71. The van der Waals surface area contributed by atoms with Crippen LogP contribution >= 0.6 is 0 Å². The number of hydrogen-bond donors (Lipinski definition) is 0. The first-order valence-electron chi connectivity index (χ1n) is 7.98. The fourth-order valence-electron chi connectivity index (χ4n) is 2.97. The van der Waals surface area contributed by atoms with Gasteiger partial charge < -0.3 is 14.1 Å². The number of aryl methyl sites for hydroxylation is 2. The van der Waals surface area contributed by atoms with Gasteiger partial charge in [-0.3, -0.25) is 4.79 Å². The van der Waals surface area contributed by atoms with E-state index in [1.165, 1.54) is 0 Å². The SMILES string of the molecule is COc1cccc2c1N(C(=O)c1oc(C(C)C)nc1C)CCC2. The van der Waals surface area contributed by atoms with Crippen molar-refractivity contribution >= 4 is 11.6 Å². The molecule has 0 fully saturated rings. The van der Waals surface area contributed by atoms with Crippen molar-refractivity contribution in [1.29, 1.82) is 0 Å². The Balaban J connectivity index is 2.02. The van der Waals surface area contributed by atoms with Gasteiger partial charge in [0.25, 0.3) is 5.91 Å². The molecule has 1 aliphatic heterocycles. The molecule has 23 heavy (non-hydrogen) atoms. The Morgan fingerprint density at radius 3 is 2.83 bits per heavy atom. The van der Waals surface area contributed by atoms with Gasteiger partial charge in [0.2, 0.25) is 5.76 Å². The molecule has 0 saturated carbocycles.